The molecular weight excluding hydrogens is 216 g/mol. The minimum absolute atomic E-state index is 0.0342. The zero-order chi connectivity index (χ0) is 12.6. The van der Waals surface area contributed by atoms with Gasteiger partial charge in [-0.2, -0.15) is 0 Å². The number of carbonyl (C=O) groups is 2. The third kappa shape index (κ3) is 1.90. The van der Waals surface area contributed by atoms with Gasteiger partial charge in [-0.05, 0) is 24.1 Å². The highest BCUT2D eigenvalue weighted by molar-refractivity contribution is 5.92. The fourth-order valence-electron chi connectivity index (χ4n) is 2.26. The number of hydrogen-bond acceptors (Lipinski definition) is 2. The Labute approximate surface area is 100 Å². The van der Waals surface area contributed by atoms with E-state index in [1.54, 1.807) is 19.2 Å². The summed E-state index contributed by atoms with van der Waals surface area (Å²) in [4.78, 5) is 22.5. The molecule has 0 saturated heterocycles. The number of nitrogens with one attached hydrogen (secondary N) is 1. The normalized spacial score (nSPS) is 26.4. The van der Waals surface area contributed by atoms with Gasteiger partial charge < -0.3 is 11.1 Å². The zero-order valence-corrected chi connectivity index (χ0v) is 9.99. The van der Waals surface area contributed by atoms with Gasteiger partial charge in [0, 0.05) is 23.9 Å². The van der Waals surface area contributed by atoms with Gasteiger partial charge in [-0.25, -0.2) is 0 Å². The molecule has 0 bridgehead atoms. The van der Waals surface area contributed by atoms with Crippen molar-refractivity contribution in [2.45, 2.75) is 18.8 Å². The molecule has 2 rings (SSSR count). The molecule has 1 aliphatic rings. The first kappa shape index (κ1) is 11.6. The van der Waals surface area contributed by atoms with Gasteiger partial charge in [-0.1, -0.05) is 19.1 Å². The predicted molar refractivity (Wildman–Crippen MR) is 64.5 cm³/mol. The summed E-state index contributed by atoms with van der Waals surface area (Å²) < 4.78 is 0. The average molecular weight is 232 g/mol. The van der Waals surface area contributed by atoms with E-state index < -0.39 is 5.91 Å². The van der Waals surface area contributed by atoms with Crippen LogP contribution in [0, 0.1) is 5.92 Å². The number of benzene rings is 1. The molecule has 1 aromatic carbocycles. The van der Waals surface area contributed by atoms with Gasteiger partial charge in [0.05, 0.1) is 0 Å². The van der Waals surface area contributed by atoms with Crippen molar-refractivity contribution in [3.05, 3.63) is 35.4 Å². The minimum atomic E-state index is -0.430. The summed E-state index contributed by atoms with van der Waals surface area (Å²) in [5.41, 5.74) is 6.66. The van der Waals surface area contributed by atoms with Crippen LogP contribution in [0.1, 0.15) is 29.3 Å². The lowest BCUT2D eigenvalue weighted by molar-refractivity contribution is -0.122. The maximum absolute atomic E-state index is 11.6. The Hall–Kier alpha value is -1.84. The van der Waals surface area contributed by atoms with Crippen LogP contribution in [0.5, 0.6) is 0 Å². The number of hydrogen-bond donors (Lipinski definition) is 2. The fraction of sp³-hybridized carbons (Fsp3) is 0.385. The lowest BCUT2D eigenvalue weighted by Gasteiger charge is -2.11. The predicted octanol–water partition coefficient (Wildman–Crippen LogP) is 0.809. The largest absolute Gasteiger partial charge is 0.366 e. The average Bonchev–Trinajstić information content (AvgIpc) is 3.02. The van der Waals surface area contributed by atoms with Crippen LogP contribution in [0.25, 0.3) is 0 Å². The van der Waals surface area contributed by atoms with Crippen LogP contribution in [-0.4, -0.2) is 18.9 Å². The Morgan fingerprint density at radius 3 is 2.41 bits per heavy atom. The SMILES string of the molecule is CNC(=O)C1CC1(C)c1ccc(C(N)=O)cc1. The fourth-order valence-corrected chi connectivity index (χ4v) is 2.26. The molecule has 0 aliphatic heterocycles. The number of primary amides is 1. The highest BCUT2D eigenvalue weighted by Gasteiger charge is 2.55. The molecule has 2 amide bonds. The van der Waals surface area contributed by atoms with Gasteiger partial charge in [-0.3, -0.25) is 9.59 Å². The summed E-state index contributed by atoms with van der Waals surface area (Å²) >= 11 is 0. The lowest BCUT2D eigenvalue weighted by atomic mass is 9.94. The molecule has 3 N–H and O–H groups in total. The van der Waals surface area contributed by atoms with E-state index in [0.717, 1.165) is 12.0 Å². The second kappa shape index (κ2) is 3.87. The van der Waals surface area contributed by atoms with Gasteiger partial charge in [0.1, 0.15) is 0 Å². The van der Waals surface area contributed by atoms with Crippen LogP contribution in [-0.2, 0) is 10.2 Å². The summed E-state index contributed by atoms with van der Waals surface area (Å²) in [5.74, 6) is -0.321. The van der Waals surface area contributed by atoms with Crippen LogP contribution >= 0.6 is 0 Å². The minimum Gasteiger partial charge on any atom is -0.366 e. The third-order valence-electron chi connectivity index (χ3n) is 3.63. The maximum Gasteiger partial charge on any atom is 0.248 e. The number of carbonyl (C=O) groups excluding carboxylic acids is 2. The van der Waals surface area contributed by atoms with Gasteiger partial charge in [0.25, 0.3) is 0 Å². The lowest BCUT2D eigenvalue weighted by Crippen LogP contribution is -2.23. The molecule has 4 nitrogen and oxygen atoms in total. The maximum atomic E-state index is 11.6. The van der Waals surface area contributed by atoms with Gasteiger partial charge in [0.15, 0.2) is 0 Å². The van der Waals surface area contributed by atoms with E-state index >= 15 is 0 Å². The van der Waals surface area contributed by atoms with Crippen molar-refractivity contribution in [2.75, 3.05) is 7.05 Å². The van der Waals surface area contributed by atoms with E-state index in [2.05, 4.69) is 12.2 Å². The van der Waals surface area contributed by atoms with E-state index in [1.165, 1.54) is 0 Å². The van der Waals surface area contributed by atoms with Crippen LogP contribution < -0.4 is 11.1 Å². The molecule has 0 aromatic heterocycles. The number of amides is 2. The molecule has 2 unspecified atom stereocenters. The Kier molecular flexibility index (Phi) is 2.65. The van der Waals surface area contributed by atoms with E-state index in [9.17, 15) is 9.59 Å². The quantitative estimate of drug-likeness (QED) is 0.809. The van der Waals surface area contributed by atoms with Crippen molar-refractivity contribution in [3.8, 4) is 0 Å². The molecule has 17 heavy (non-hydrogen) atoms. The van der Waals surface area contributed by atoms with Crippen molar-refractivity contribution < 1.29 is 9.59 Å². The Morgan fingerprint density at radius 2 is 1.94 bits per heavy atom. The van der Waals surface area contributed by atoms with E-state index in [-0.39, 0.29) is 17.2 Å². The zero-order valence-electron chi connectivity index (χ0n) is 9.99. The summed E-state index contributed by atoms with van der Waals surface area (Å²) in [5, 5.41) is 2.67. The Balaban J connectivity index is 2.19. The highest BCUT2D eigenvalue weighted by atomic mass is 16.2. The van der Waals surface area contributed by atoms with Crippen molar-refractivity contribution in [1.29, 1.82) is 0 Å². The first-order valence-electron chi connectivity index (χ1n) is 5.61. The molecule has 0 heterocycles. The second-order valence-electron chi connectivity index (χ2n) is 4.73. The number of nitrogens with two attached hydrogens (primary N) is 1. The number of rotatable bonds is 3. The molecule has 1 aromatic rings. The second-order valence-corrected chi connectivity index (χ2v) is 4.73. The van der Waals surface area contributed by atoms with Crippen LogP contribution in [0.15, 0.2) is 24.3 Å². The molecule has 1 saturated carbocycles. The van der Waals surface area contributed by atoms with Crippen molar-refractivity contribution >= 4 is 11.8 Å². The highest BCUT2D eigenvalue weighted by Crippen LogP contribution is 2.53. The Morgan fingerprint density at radius 1 is 1.35 bits per heavy atom. The van der Waals surface area contributed by atoms with Crippen molar-refractivity contribution in [3.63, 3.8) is 0 Å². The summed E-state index contributed by atoms with van der Waals surface area (Å²) in [7, 11) is 1.65. The van der Waals surface area contributed by atoms with Crippen LogP contribution in [0.3, 0.4) is 0 Å². The molecule has 0 spiro atoms. The van der Waals surface area contributed by atoms with Crippen LogP contribution in [0.2, 0.25) is 0 Å². The molecular formula is C13H16N2O2. The summed E-state index contributed by atoms with van der Waals surface area (Å²) in [6, 6.07) is 7.18. The van der Waals surface area contributed by atoms with Crippen LogP contribution in [0.4, 0.5) is 0 Å². The summed E-state index contributed by atoms with van der Waals surface area (Å²) in [6.45, 7) is 2.06. The third-order valence-corrected chi connectivity index (χ3v) is 3.63. The van der Waals surface area contributed by atoms with Crippen molar-refractivity contribution in [2.24, 2.45) is 11.7 Å². The first-order chi connectivity index (χ1) is 7.99. The monoisotopic (exact) mass is 232 g/mol. The smallest absolute Gasteiger partial charge is 0.248 e. The topological polar surface area (TPSA) is 72.2 Å². The van der Waals surface area contributed by atoms with E-state index in [0.29, 0.717) is 5.56 Å². The standard InChI is InChI=1S/C13H16N2O2/c1-13(7-10(13)12(17)15-2)9-5-3-8(4-6-9)11(14)16/h3-6,10H,7H2,1-2H3,(H2,14,16)(H,15,17). The molecule has 4 heteroatoms. The van der Waals surface area contributed by atoms with E-state index in [4.69, 9.17) is 5.73 Å². The Bertz CT molecular complexity index is 467. The van der Waals surface area contributed by atoms with Crippen molar-refractivity contribution in [1.82, 2.24) is 5.32 Å². The molecule has 0 radical (unpaired) electrons. The van der Waals surface area contributed by atoms with Gasteiger partial charge >= 0.3 is 0 Å². The van der Waals surface area contributed by atoms with Gasteiger partial charge in [0.2, 0.25) is 11.8 Å². The van der Waals surface area contributed by atoms with Gasteiger partial charge in [-0.15, -0.1) is 0 Å². The molecule has 90 valence electrons. The molecule has 1 fully saturated rings. The van der Waals surface area contributed by atoms with E-state index in [1.807, 2.05) is 12.1 Å². The molecule has 2 atom stereocenters. The first-order valence-corrected chi connectivity index (χ1v) is 5.61. The molecule has 1 aliphatic carbocycles. The summed E-state index contributed by atoms with van der Waals surface area (Å²) in [6.07, 6.45) is 0.850.